The zero-order valence-electron chi connectivity index (χ0n) is 13.4. The maximum Gasteiger partial charge on any atom is 0.0916 e. The predicted octanol–water partition coefficient (Wildman–Crippen LogP) is 1.78. The molecular weight excluding hydrogens is 288 g/mol. The first kappa shape index (κ1) is 17.4. The van der Waals surface area contributed by atoms with E-state index in [0.29, 0.717) is 19.4 Å². The third-order valence-electron chi connectivity index (χ3n) is 4.35. The molecule has 1 heterocycles. The van der Waals surface area contributed by atoms with E-state index in [0.717, 1.165) is 38.3 Å². The maximum atomic E-state index is 10.3. The van der Waals surface area contributed by atoms with Crippen molar-refractivity contribution in [3.8, 4) is 12.1 Å². The molecule has 1 N–H and O–H groups in total. The molecule has 1 fully saturated rings. The van der Waals surface area contributed by atoms with E-state index in [2.05, 4.69) is 21.9 Å². The Balaban J connectivity index is 1.73. The number of benzene rings is 1. The van der Waals surface area contributed by atoms with Crippen molar-refractivity contribution in [1.82, 2.24) is 9.80 Å². The predicted molar refractivity (Wildman–Crippen MR) is 88.2 cm³/mol. The summed E-state index contributed by atoms with van der Waals surface area (Å²) in [5.41, 5.74) is 0.955. The van der Waals surface area contributed by atoms with Crippen molar-refractivity contribution in [1.29, 1.82) is 10.5 Å². The highest BCUT2D eigenvalue weighted by molar-refractivity contribution is 5.17. The molecule has 0 amide bonds. The lowest BCUT2D eigenvalue weighted by Crippen LogP contribution is -2.48. The highest BCUT2D eigenvalue weighted by Crippen LogP contribution is 2.16. The SMILES string of the molecule is N#CCC[C@H](C#N)CN1CCN(C[C@H](O)c2ccccc2)CC1. The average molecular weight is 312 g/mol. The molecule has 1 aromatic rings. The number of rotatable bonds is 7. The van der Waals surface area contributed by atoms with Gasteiger partial charge >= 0.3 is 0 Å². The number of nitrogens with zero attached hydrogens (tertiary/aromatic N) is 4. The van der Waals surface area contributed by atoms with Crippen molar-refractivity contribution >= 4 is 0 Å². The van der Waals surface area contributed by atoms with Crippen LogP contribution in [0.1, 0.15) is 24.5 Å². The lowest BCUT2D eigenvalue weighted by molar-refractivity contribution is 0.0692. The number of aliphatic hydroxyl groups excluding tert-OH is 1. The first-order valence-corrected chi connectivity index (χ1v) is 8.17. The van der Waals surface area contributed by atoms with Crippen LogP contribution in [0.15, 0.2) is 30.3 Å². The van der Waals surface area contributed by atoms with E-state index in [9.17, 15) is 5.11 Å². The van der Waals surface area contributed by atoms with Crippen molar-refractivity contribution in [2.24, 2.45) is 5.92 Å². The summed E-state index contributed by atoms with van der Waals surface area (Å²) in [6.07, 6.45) is 0.645. The van der Waals surface area contributed by atoms with Gasteiger partial charge in [-0.25, -0.2) is 0 Å². The van der Waals surface area contributed by atoms with Gasteiger partial charge < -0.3 is 5.11 Å². The second-order valence-corrected chi connectivity index (χ2v) is 6.05. The summed E-state index contributed by atoms with van der Waals surface area (Å²) in [5.74, 6) is -0.0592. The zero-order chi connectivity index (χ0) is 16.5. The van der Waals surface area contributed by atoms with Crippen LogP contribution in [0.2, 0.25) is 0 Å². The van der Waals surface area contributed by atoms with E-state index in [1.165, 1.54) is 0 Å². The van der Waals surface area contributed by atoms with E-state index in [-0.39, 0.29) is 5.92 Å². The summed E-state index contributed by atoms with van der Waals surface area (Å²) in [5, 5.41) is 28.1. The molecule has 0 unspecified atom stereocenters. The molecule has 1 saturated heterocycles. The van der Waals surface area contributed by atoms with Crippen LogP contribution in [0.3, 0.4) is 0 Å². The molecule has 0 spiro atoms. The molecule has 2 rings (SSSR count). The smallest absolute Gasteiger partial charge is 0.0916 e. The van der Waals surface area contributed by atoms with Gasteiger partial charge in [-0.15, -0.1) is 0 Å². The molecule has 0 aliphatic carbocycles. The fraction of sp³-hybridized carbons (Fsp3) is 0.556. The van der Waals surface area contributed by atoms with Crippen LogP contribution in [0.5, 0.6) is 0 Å². The van der Waals surface area contributed by atoms with Gasteiger partial charge in [0, 0.05) is 45.7 Å². The molecule has 2 atom stereocenters. The van der Waals surface area contributed by atoms with Crippen molar-refractivity contribution in [3.05, 3.63) is 35.9 Å². The summed E-state index contributed by atoms with van der Waals surface area (Å²) in [4.78, 5) is 4.56. The second-order valence-electron chi connectivity index (χ2n) is 6.05. The summed E-state index contributed by atoms with van der Waals surface area (Å²) in [7, 11) is 0. The van der Waals surface area contributed by atoms with Gasteiger partial charge in [0.15, 0.2) is 0 Å². The molecular formula is C18H24N4O. The van der Waals surface area contributed by atoms with Crippen LogP contribution in [-0.2, 0) is 0 Å². The lowest BCUT2D eigenvalue weighted by atomic mass is 10.0. The molecule has 0 aromatic heterocycles. The Labute approximate surface area is 138 Å². The Kier molecular flexibility index (Phi) is 7.03. The number of hydrogen-bond acceptors (Lipinski definition) is 5. The number of β-amino-alcohol motifs (C(OH)–C–C–N with tert-alkyl or cyclic N) is 1. The van der Waals surface area contributed by atoms with Gasteiger partial charge in [-0.1, -0.05) is 30.3 Å². The van der Waals surface area contributed by atoms with E-state index in [4.69, 9.17) is 10.5 Å². The zero-order valence-corrected chi connectivity index (χ0v) is 13.4. The van der Waals surface area contributed by atoms with Gasteiger partial charge in [0.25, 0.3) is 0 Å². The fourth-order valence-electron chi connectivity index (χ4n) is 2.93. The van der Waals surface area contributed by atoms with Crippen molar-refractivity contribution < 1.29 is 5.11 Å². The Morgan fingerprint density at radius 1 is 1.00 bits per heavy atom. The van der Waals surface area contributed by atoms with Crippen LogP contribution in [0.25, 0.3) is 0 Å². The minimum atomic E-state index is -0.453. The molecule has 122 valence electrons. The monoisotopic (exact) mass is 312 g/mol. The first-order valence-electron chi connectivity index (χ1n) is 8.17. The Hall–Kier alpha value is -1.92. The minimum absolute atomic E-state index is 0.0592. The van der Waals surface area contributed by atoms with Gasteiger partial charge in [0.05, 0.1) is 24.2 Å². The highest BCUT2D eigenvalue weighted by Gasteiger charge is 2.21. The maximum absolute atomic E-state index is 10.3. The second kappa shape index (κ2) is 9.27. The van der Waals surface area contributed by atoms with E-state index >= 15 is 0 Å². The van der Waals surface area contributed by atoms with Crippen LogP contribution in [-0.4, -0.2) is 54.2 Å². The van der Waals surface area contributed by atoms with Gasteiger partial charge in [0.2, 0.25) is 0 Å². The molecule has 0 saturated carbocycles. The molecule has 23 heavy (non-hydrogen) atoms. The molecule has 1 aliphatic rings. The Morgan fingerprint density at radius 2 is 1.61 bits per heavy atom. The largest absolute Gasteiger partial charge is 0.387 e. The van der Waals surface area contributed by atoms with Crippen molar-refractivity contribution in [2.75, 3.05) is 39.3 Å². The summed E-state index contributed by atoms with van der Waals surface area (Å²) in [6, 6.07) is 14.2. The van der Waals surface area contributed by atoms with Gasteiger partial charge in [-0.05, 0) is 12.0 Å². The minimum Gasteiger partial charge on any atom is -0.387 e. The van der Waals surface area contributed by atoms with E-state index < -0.39 is 6.10 Å². The van der Waals surface area contributed by atoms with Crippen LogP contribution in [0, 0.1) is 28.6 Å². The number of hydrogen-bond donors (Lipinski definition) is 1. The Bertz CT molecular complexity index is 540. The molecule has 5 nitrogen and oxygen atoms in total. The van der Waals surface area contributed by atoms with E-state index in [1.54, 1.807) is 0 Å². The number of nitriles is 2. The molecule has 5 heteroatoms. The summed E-state index contributed by atoms with van der Waals surface area (Å²) < 4.78 is 0. The first-order chi connectivity index (χ1) is 11.2. The highest BCUT2D eigenvalue weighted by atomic mass is 16.3. The number of aliphatic hydroxyl groups is 1. The van der Waals surface area contributed by atoms with Gasteiger partial charge in [-0.3, -0.25) is 9.80 Å². The molecule has 0 radical (unpaired) electrons. The van der Waals surface area contributed by atoms with Crippen LogP contribution in [0.4, 0.5) is 0 Å². The third kappa shape index (κ3) is 5.65. The molecule has 0 bridgehead atoms. The summed E-state index contributed by atoms with van der Waals surface area (Å²) >= 11 is 0. The van der Waals surface area contributed by atoms with E-state index in [1.807, 2.05) is 30.3 Å². The lowest BCUT2D eigenvalue weighted by Gasteiger charge is -2.36. The summed E-state index contributed by atoms with van der Waals surface area (Å²) in [6.45, 7) is 5.01. The van der Waals surface area contributed by atoms with Gasteiger partial charge in [0.1, 0.15) is 0 Å². The average Bonchev–Trinajstić information content (AvgIpc) is 2.60. The van der Waals surface area contributed by atoms with Crippen molar-refractivity contribution in [3.63, 3.8) is 0 Å². The van der Waals surface area contributed by atoms with Crippen LogP contribution >= 0.6 is 0 Å². The van der Waals surface area contributed by atoms with Gasteiger partial charge in [-0.2, -0.15) is 10.5 Å². The molecule has 1 aromatic carbocycles. The third-order valence-corrected chi connectivity index (χ3v) is 4.35. The quantitative estimate of drug-likeness (QED) is 0.831. The normalized spacial score (nSPS) is 18.7. The number of piperazine rings is 1. The molecule has 1 aliphatic heterocycles. The van der Waals surface area contributed by atoms with Crippen LogP contribution < -0.4 is 0 Å². The fourth-order valence-corrected chi connectivity index (χ4v) is 2.93. The Morgan fingerprint density at radius 3 is 2.17 bits per heavy atom. The standard InChI is InChI=1S/C18H24N4O/c19-8-4-5-16(13-20)14-21-9-11-22(12-10-21)15-18(23)17-6-2-1-3-7-17/h1-3,6-7,16,18,23H,4-5,9-12,14-15H2/t16-,18+/m1/s1. The van der Waals surface area contributed by atoms with Crippen molar-refractivity contribution in [2.45, 2.75) is 18.9 Å². The topological polar surface area (TPSA) is 74.3 Å².